The lowest BCUT2D eigenvalue weighted by Crippen LogP contribution is -2.36. The number of hydrogen-bond acceptors (Lipinski definition) is 4. The van der Waals surface area contributed by atoms with Crippen LogP contribution in [0.1, 0.15) is 13.8 Å². The Labute approximate surface area is 120 Å². The molecule has 0 aliphatic carbocycles. The summed E-state index contributed by atoms with van der Waals surface area (Å²) < 4.78 is 28.2. The summed E-state index contributed by atoms with van der Waals surface area (Å²) in [7, 11) is -3.76. The van der Waals surface area contributed by atoms with Gasteiger partial charge in [0.05, 0.1) is 9.37 Å². The van der Waals surface area contributed by atoms with Crippen LogP contribution in [-0.4, -0.2) is 27.0 Å². The van der Waals surface area contributed by atoms with Crippen molar-refractivity contribution in [1.82, 2.24) is 5.32 Å². The van der Waals surface area contributed by atoms with Crippen molar-refractivity contribution in [3.63, 3.8) is 0 Å². The summed E-state index contributed by atoms with van der Waals surface area (Å²) in [5.41, 5.74) is 0. The van der Waals surface area contributed by atoms with Gasteiger partial charge in [0.2, 0.25) is 10.0 Å². The minimum Gasteiger partial charge on any atom is -0.480 e. The van der Waals surface area contributed by atoms with E-state index in [0.29, 0.717) is 16.8 Å². The highest BCUT2D eigenvalue weighted by Gasteiger charge is 2.16. The van der Waals surface area contributed by atoms with Gasteiger partial charge in [0.15, 0.2) is 6.10 Å². The molecule has 8 heteroatoms. The number of ether oxygens (including phenoxy) is 1. The van der Waals surface area contributed by atoms with Crippen LogP contribution in [0, 0.1) is 0 Å². The first kappa shape index (κ1) is 15.9. The van der Waals surface area contributed by atoms with Gasteiger partial charge in [0.25, 0.3) is 5.91 Å². The predicted molar refractivity (Wildman–Crippen MR) is 74.3 cm³/mol. The maximum Gasteiger partial charge on any atom is 0.260 e. The van der Waals surface area contributed by atoms with Crippen molar-refractivity contribution < 1.29 is 17.9 Å². The molecule has 19 heavy (non-hydrogen) atoms. The molecule has 0 aliphatic heterocycles. The molecule has 1 rings (SSSR count). The van der Waals surface area contributed by atoms with Crippen molar-refractivity contribution in [2.75, 3.05) is 6.54 Å². The van der Waals surface area contributed by atoms with Gasteiger partial charge in [-0.15, -0.1) is 0 Å². The molecule has 0 saturated heterocycles. The Balaban J connectivity index is 2.89. The first-order valence-electron chi connectivity index (χ1n) is 5.52. The lowest BCUT2D eigenvalue weighted by Gasteiger charge is -2.15. The lowest BCUT2D eigenvalue weighted by molar-refractivity contribution is -0.127. The van der Waals surface area contributed by atoms with Crippen molar-refractivity contribution in [1.29, 1.82) is 0 Å². The Morgan fingerprint density at radius 3 is 2.63 bits per heavy atom. The molecule has 1 amide bonds. The summed E-state index contributed by atoms with van der Waals surface area (Å²) in [6.07, 6.45) is -0.684. The van der Waals surface area contributed by atoms with E-state index in [1.54, 1.807) is 13.8 Å². The molecule has 0 heterocycles. The fourth-order valence-electron chi connectivity index (χ4n) is 1.32. The monoisotopic (exact) mass is 350 g/mol. The summed E-state index contributed by atoms with van der Waals surface area (Å²) in [4.78, 5) is 11.5. The maximum absolute atomic E-state index is 11.5. The summed E-state index contributed by atoms with van der Waals surface area (Å²) in [6.45, 7) is 3.92. The molecule has 3 N–H and O–H groups in total. The minimum absolute atomic E-state index is 0.0302. The Kier molecular flexibility index (Phi) is 5.33. The molecule has 106 valence electrons. The molecule has 0 radical (unpaired) electrons. The Hall–Kier alpha value is -1.12. The van der Waals surface area contributed by atoms with E-state index in [1.807, 2.05) is 0 Å². The summed E-state index contributed by atoms with van der Waals surface area (Å²) in [5, 5.41) is 7.64. The normalized spacial score (nSPS) is 12.8. The molecule has 0 aliphatic rings. The average Bonchev–Trinajstić information content (AvgIpc) is 2.30. The molecule has 1 unspecified atom stereocenters. The molecular formula is C11H15BrN2O4S. The molecule has 0 aromatic heterocycles. The number of likely N-dealkylation sites (N-methyl/N-ethyl adjacent to an activating group) is 1. The zero-order valence-corrected chi connectivity index (χ0v) is 12.9. The zero-order valence-electron chi connectivity index (χ0n) is 10.5. The molecule has 0 bridgehead atoms. The van der Waals surface area contributed by atoms with E-state index in [9.17, 15) is 13.2 Å². The third-order valence-corrected chi connectivity index (χ3v) is 3.79. The van der Waals surface area contributed by atoms with Crippen LogP contribution in [0.15, 0.2) is 27.6 Å². The highest BCUT2D eigenvalue weighted by molar-refractivity contribution is 9.10. The Morgan fingerprint density at radius 1 is 1.53 bits per heavy atom. The van der Waals surface area contributed by atoms with Crippen molar-refractivity contribution in [3.05, 3.63) is 22.7 Å². The highest BCUT2D eigenvalue weighted by Crippen LogP contribution is 2.28. The lowest BCUT2D eigenvalue weighted by atomic mass is 10.3. The number of carbonyl (C=O) groups is 1. The van der Waals surface area contributed by atoms with Crippen LogP contribution < -0.4 is 15.2 Å². The largest absolute Gasteiger partial charge is 0.480 e. The number of primary sulfonamides is 1. The van der Waals surface area contributed by atoms with Gasteiger partial charge >= 0.3 is 0 Å². The number of amides is 1. The fraction of sp³-hybridized carbons (Fsp3) is 0.364. The standard InChI is InChI=1S/C11H15BrN2O4S/c1-3-14-11(15)7(2)18-10-5-4-8(6-9(10)12)19(13,16)17/h4-7H,3H2,1-2H3,(H,14,15)(H2,13,16,17). The average molecular weight is 351 g/mol. The van der Waals surface area contributed by atoms with E-state index in [2.05, 4.69) is 21.2 Å². The fourth-order valence-corrected chi connectivity index (χ4v) is 2.48. The first-order chi connectivity index (χ1) is 8.75. The van der Waals surface area contributed by atoms with Gasteiger partial charge in [-0.3, -0.25) is 4.79 Å². The molecule has 1 aromatic carbocycles. The number of hydrogen-bond donors (Lipinski definition) is 2. The second kappa shape index (κ2) is 6.36. The molecule has 1 aromatic rings. The van der Waals surface area contributed by atoms with Crippen molar-refractivity contribution >= 4 is 31.9 Å². The second-order valence-corrected chi connectivity index (χ2v) is 6.21. The molecular weight excluding hydrogens is 336 g/mol. The van der Waals surface area contributed by atoms with Gasteiger partial charge in [-0.1, -0.05) is 0 Å². The topological polar surface area (TPSA) is 98.5 Å². The van der Waals surface area contributed by atoms with E-state index in [4.69, 9.17) is 9.88 Å². The molecule has 0 spiro atoms. The van der Waals surface area contributed by atoms with Gasteiger partial charge in [0, 0.05) is 6.54 Å². The van der Waals surface area contributed by atoms with Crippen LogP contribution in [-0.2, 0) is 14.8 Å². The van der Waals surface area contributed by atoms with Gasteiger partial charge in [-0.2, -0.15) is 0 Å². The van der Waals surface area contributed by atoms with Crippen molar-refractivity contribution in [2.24, 2.45) is 5.14 Å². The zero-order chi connectivity index (χ0) is 14.6. The SMILES string of the molecule is CCNC(=O)C(C)Oc1ccc(S(N)(=O)=O)cc1Br. The third kappa shape index (κ3) is 4.48. The van der Waals surface area contributed by atoms with Crippen LogP contribution in [0.3, 0.4) is 0 Å². The Morgan fingerprint density at radius 2 is 2.16 bits per heavy atom. The quantitative estimate of drug-likeness (QED) is 0.827. The maximum atomic E-state index is 11.5. The number of nitrogens with one attached hydrogen (secondary N) is 1. The van der Waals surface area contributed by atoms with Crippen molar-refractivity contribution in [2.45, 2.75) is 24.8 Å². The number of nitrogens with two attached hydrogens (primary N) is 1. The van der Waals surface area contributed by atoms with E-state index < -0.39 is 16.1 Å². The first-order valence-corrected chi connectivity index (χ1v) is 7.86. The number of carbonyl (C=O) groups excluding carboxylic acids is 1. The van der Waals surface area contributed by atoms with Crippen LogP contribution in [0.4, 0.5) is 0 Å². The number of rotatable bonds is 5. The molecule has 6 nitrogen and oxygen atoms in total. The van der Waals surface area contributed by atoms with E-state index in [1.165, 1.54) is 18.2 Å². The Bertz CT molecular complexity index is 574. The van der Waals surface area contributed by atoms with Gasteiger partial charge < -0.3 is 10.1 Å². The van der Waals surface area contributed by atoms with Crippen LogP contribution in [0.2, 0.25) is 0 Å². The highest BCUT2D eigenvalue weighted by atomic mass is 79.9. The minimum atomic E-state index is -3.76. The van der Waals surface area contributed by atoms with E-state index in [0.717, 1.165) is 0 Å². The predicted octanol–water partition coefficient (Wildman–Crippen LogP) is 1.000. The number of halogens is 1. The van der Waals surface area contributed by atoms with Crippen LogP contribution >= 0.6 is 15.9 Å². The summed E-state index contributed by atoms with van der Waals surface area (Å²) in [5.74, 6) is 0.121. The molecule has 0 saturated carbocycles. The van der Waals surface area contributed by atoms with Gasteiger partial charge in [0.1, 0.15) is 5.75 Å². The van der Waals surface area contributed by atoms with E-state index >= 15 is 0 Å². The molecule has 1 atom stereocenters. The molecule has 0 fully saturated rings. The van der Waals surface area contributed by atoms with Crippen LogP contribution in [0.25, 0.3) is 0 Å². The van der Waals surface area contributed by atoms with E-state index in [-0.39, 0.29) is 10.8 Å². The smallest absolute Gasteiger partial charge is 0.260 e. The van der Waals surface area contributed by atoms with Gasteiger partial charge in [-0.05, 0) is 48.0 Å². The van der Waals surface area contributed by atoms with Crippen LogP contribution in [0.5, 0.6) is 5.75 Å². The van der Waals surface area contributed by atoms with Gasteiger partial charge in [-0.25, -0.2) is 13.6 Å². The summed E-state index contributed by atoms with van der Waals surface area (Å²) >= 11 is 3.18. The number of benzene rings is 1. The van der Waals surface area contributed by atoms with Crippen molar-refractivity contribution in [3.8, 4) is 5.75 Å². The number of sulfonamides is 1. The second-order valence-electron chi connectivity index (χ2n) is 3.79. The third-order valence-electron chi connectivity index (χ3n) is 2.26. The summed E-state index contributed by atoms with van der Waals surface area (Å²) in [6, 6.07) is 4.09.